The van der Waals surface area contributed by atoms with Crippen molar-refractivity contribution in [3.8, 4) is 5.75 Å². The molecule has 0 radical (unpaired) electrons. The van der Waals surface area contributed by atoms with Crippen LogP contribution in [0.15, 0.2) is 29.3 Å². The summed E-state index contributed by atoms with van der Waals surface area (Å²) in [6.07, 6.45) is -0.108. The van der Waals surface area contributed by atoms with E-state index in [1.807, 2.05) is 6.92 Å². The van der Waals surface area contributed by atoms with Crippen molar-refractivity contribution >= 4 is 29.9 Å². The van der Waals surface area contributed by atoms with Crippen molar-refractivity contribution in [1.82, 2.24) is 16.0 Å². The third-order valence-electron chi connectivity index (χ3n) is 2.99. The average molecular weight is 452 g/mol. The van der Waals surface area contributed by atoms with Gasteiger partial charge in [-0.05, 0) is 39.8 Å². The van der Waals surface area contributed by atoms with E-state index in [1.54, 1.807) is 19.2 Å². The highest BCUT2D eigenvalue weighted by Crippen LogP contribution is 2.13. The van der Waals surface area contributed by atoms with Crippen molar-refractivity contribution in [2.24, 2.45) is 4.99 Å². The first-order valence-corrected chi connectivity index (χ1v) is 7.92. The number of hydrogen-bond acceptors (Lipinski definition) is 3. The molecule has 0 heterocycles. The van der Waals surface area contributed by atoms with Crippen LogP contribution in [0, 0.1) is 5.82 Å². The number of benzene rings is 1. The van der Waals surface area contributed by atoms with Crippen LogP contribution in [-0.2, 0) is 0 Å². The van der Waals surface area contributed by atoms with Gasteiger partial charge >= 0.3 is 0 Å². The molecule has 1 atom stereocenters. The molecule has 5 nitrogen and oxygen atoms in total. The summed E-state index contributed by atoms with van der Waals surface area (Å²) in [5.41, 5.74) is 0.103. The Balaban J connectivity index is 0.00000529. The lowest BCUT2D eigenvalue weighted by atomic mass is 10.1. The van der Waals surface area contributed by atoms with Gasteiger partial charge in [0.2, 0.25) is 0 Å². The van der Waals surface area contributed by atoms with Crippen LogP contribution < -0.4 is 20.7 Å². The minimum absolute atomic E-state index is 0. The maximum atomic E-state index is 13.1. The smallest absolute Gasteiger partial charge is 0.191 e. The molecular formula is C17H30FIN4O. The summed E-state index contributed by atoms with van der Waals surface area (Å²) in [6.45, 7) is 10.5. The Kier molecular flexibility index (Phi) is 10.9. The first kappa shape index (κ1) is 22.9. The molecular weight excluding hydrogens is 422 g/mol. The minimum Gasteiger partial charge on any atom is -0.489 e. The van der Waals surface area contributed by atoms with E-state index in [9.17, 15) is 4.39 Å². The van der Waals surface area contributed by atoms with Gasteiger partial charge in [-0.3, -0.25) is 4.99 Å². The maximum absolute atomic E-state index is 13.1. The second-order valence-corrected chi connectivity index (χ2v) is 6.44. The van der Waals surface area contributed by atoms with Crippen LogP contribution in [0.25, 0.3) is 0 Å². The molecule has 0 bridgehead atoms. The van der Waals surface area contributed by atoms with Crippen molar-refractivity contribution in [3.63, 3.8) is 0 Å². The van der Waals surface area contributed by atoms with Crippen molar-refractivity contribution in [2.75, 3.05) is 26.7 Å². The quantitative estimate of drug-likeness (QED) is 0.258. The summed E-state index contributed by atoms with van der Waals surface area (Å²) in [4.78, 5) is 4.17. The molecule has 0 aliphatic rings. The Morgan fingerprint density at radius 1 is 1.25 bits per heavy atom. The predicted octanol–water partition coefficient (Wildman–Crippen LogP) is 2.76. The van der Waals surface area contributed by atoms with Crippen LogP contribution in [0.2, 0.25) is 0 Å². The number of hydrogen-bond donors (Lipinski definition) is 3. The number of nitrogens with one attached hydrogen (secondary N) is 3. The molecule has 0 aliphatic carbocycles. The zero-order chi connectivity index (χ0) is 17.3. The molecule has 24 heavy (non-hydrogen) atoms. The zero-order valence-corrected chi connectivity index (χ0v) is 17.5. The molecule has 0 saturated carbocycles. The van der Waals surface area contributed by atoms with E-state index in [0.717, 1.165) is 19.0 Å². The van der Waals surface area contributed by atoms with Crippen LogP contribution in [0.3, 0.4) is 0 Å². The van der Waals surface area contributed by atoms with Gasteiger partial charge in [0, 0.05) is 31.7 Å². The lowest BCUT2D eigenvalue weighted by Gasteiger charge is -2.21. The molecule has 0 fully saturated rings. The fourth-order valence-corrected chi connectivity index (χ4v) is 1.89. The van der Waals surface area contributed by atoms with Gasteiger partial charge in [0.15, 0.2) is 5.96 Å². The van der Waals surface area contributed by atoms with Crippen molar-refractivity contribution in [2.45, 2.75) is 39.3 Å². The number of guanidine groups is 1. The third kappa shape index (κ3) is 10.6. The van der Waals surface area contributed by atoms with Gasteiger partial charge in [-0.1, -0.05) is 6.07 Å². The predicted molar refractivity (Wildman–Crippen MR) is 109 cm³/mol. The fourth-order valence-electron chi connectivity index (χ4n) is 1.89. The summed E-state index contributed by atoms with van der Waals surface area (Å²) in [6, 6.07) is 6.15. The Morgan fingerprint density at radius 3 is 2.54 bits per heavy atom. The molecule has 1 unspecified atom stereocenters. The van der Waals surface area contributed by atoms with E-state index in [4.69, 9.17) is 4.74 Å². The number of nitrogens with zero attached hydrogens (tertiary/aromatic N) is 1. The van der Waals surface area contributed by atoms with Crippen LogP contribution in [0.4, 0.5) is 4.39 Å². The number of aliphatic imine (C=N–C) groups is 1. The Morgan fingerprint density at radius 2 is 1.96 bits per heavy atom. The zero-order valence-electron chi connectivity index (χ0n) is 15.1. The van der Waals surface area contributed by atoms with Gasteiger partial charge in [-0.15, -0.1) is 24.0 Å². The second-order valence-electron chi connectivity index (χ2n) is 6.44. The maximum Gasteiger partial charge on any atom is 0.191 e. The summed E-state index contributed by atoms with van der Waals surface area (Å²) >= 11 is 0. The average Bonchev–Trinajstić information content (AvgIpc) is 2.45. The molecule has 1 aromatic carbocycles. The molecule has 0 spiro atoms. The van der Waals surface area contributed by atoms with E-state index in [0.29, 0.717) is 12.3 Å². The number of halogens is 2. The van der Waals surface area contributed by atoms with Gasteiger partial charge in [-0.25, -0.2) is 4.39 Å². The topological polar surface area (TPSA) is 57.7 Å². The van der Waals surface area contributed by atoms with Gasteiger partial charge in [0.25, 0.3) is 0 Å². The lowest BCUT2D eigenvalue weighted by Crippen LogP contribution is -2.46. The Hall–Kier alpha value is -1.09. The molecule has 0 aliphatic heterocycles. The number of ether oxygens (including phenoxy) is 1. The molecule has 3 N–H and O–H groups in total. The van der Waals surface area contributed by atoms with E-state index in [-0.39, 0.29) is 41.4 Å². The Labute approximate surface area is 161 Å². The van der Waals surface area contributed by atoms with E-state index < -0.39 is 0 Å². The highest BCUT2D eigenvalue weighted by molar-refractivity contribution is 14.0. The highest BCUT2D eigenvalue weighted by atomic mass is 127. The molecule has 138 valence electrons. The van der Waals surface area contributed by atoms with Crippen LogP contribution in [-0.4, -0.2) is 44.3 Å². The Bertz CT molecular complexity index is 506. The molecule has 0 aromatic heterocycles. The molecule has 0 amide bonds. The first-order chi connectivity index (χ1) is 10.8. The van der Waals surface area contributed by atoms with E-state index in [2.05, 4.69) is 41.7 Å². The monoisotopic (exact) mass is 452 g/mol. The van der Waals surface area contributed by atoms with Crippen molar-refractivity contribution in [1.29, 1.82) is 0 Å². The third-order valence-corrected chi connectivity index (χ3v) is 2.99. The largest absolute Gasteiger partial charge is 0.489 e. The fraction of sp³-hybridized carbons (Fsp3) is 0.588. The summed E-state index contributed by atoms with van der Waals surface area (Å²) in [5.74, 6) is 0.943. The van der Waals surface area contributed by atoms with Crippen molar-refractivity contribution in [3.05, 3.63) is 30.1 Å². The van der Waals surface area contributed by atoms with Gasteiger partial charge in [0.1, 0.15) is 17.7 Å². The van der Waals surface area contributed by atoms with Gasteiger partial charge in [0.05, 0.1) is 6.54 Å². The molecule has 0 saturated heterocycles. The minimum atomic E-state index is -0.300. The molecule has 1 rings (SSSR count). The standard InChI is InChI=1S/C17H29FN4O.HI/c1-13(23-15-8-6-7-14(18)11-15)12-21-16(19-5)20-9-10-22-17(2,3)4;/h6-8,11,13,22H,9-10,12H2,1-5H3,(H2,19,20,21);1H. The van der Waals surface area contributed by atoms with Crippen LogP contribution >= 0.6 is 24.0 Å². The van der Waals surface area contributed by atoms with Crippen molar-refractivity contribution < 1.29 is 9.13 Å². The van der Waals surface area contributed by atoms with Gasteiger partial charge < -0.3 is 20.7 Å². The van der Waals surface area contributed by atoms with Crippen LogP contribution in [0.5, 0.6) is 5.75 Å². The van der Waals surface area contributed by atoms with E-state index >= 15 is 0 Å². The highest BCUT2D eigenvalue weighted by Gasteiger charge is 2.08. The summed E-state index contributed by atoms with van der Waals surface area (Å²) in [7, 11) is 1.73. The summed E-state index contributed by atoms with van der Waals surface area (Å²) < 4.78 is 18.8. The lowest BCUT2D eigenvalue weighted by molar-refractivity contribution is 0.223. The second kappa shape index (κ2) is 11.5. The number of rotatable bonds is 7. The summed E-state index contributed by atoms with van der Waals surface area (Å²) in [5, 5.41) is 9.82. The van der Waals surface area contributed by atoms with Crippen LogP contribution in [0.1, 0.15) is 27.7 Å². The van der Waals surface area contributed by atoms with E-state index in [1.165, 1.54) is 12.1 Å². The first-order valence-electron chi connectivity index (χ1n) is 7.92. The SMILES string of the molecule is CN=C(NCCNC(C)(C)C)NCC(C)Oc1cccc(F)c1.I. The molecule has 7 heteroatoms. The van der Waals surface area contributed by atoms with Gasteiger partial charge in [-0.2, -0.15) is 0 Å². The normalized spacial score (nSPS) is 13.0. The molecule has 1 aromatic rings.